The third-order valence-electron chi connectivity index (χ3n) is 3.27. The highest BCUT2D eigenvalue weighted by atomic mass is 16.5. The van der Waals surface area contributed by atoms with E-state index < -0.39 is 0 Å². The van der Waals surface area contributed by atoms with E-state index >= 15 is 0 Å². The molecule has 0 bridgehead atoms. The summed E-state index contributed by atoms with van der Waals surface area (Å²) in [5, 5.41) is 18.1. The molecule has 1 atom stereocenters. The summed E-state index contributed by atoms with van der Waals surface area (Å²) in [6, 6.07) is 7.71. The van der Waals surface area contributed by atoms with Crippen molar-refractivity contribution in [2.24, 2.45) is 0 Å². The molecule has 1 N–H and O–H groups in total. The number of hydrogen-bond donors (Lipinski definition) is 1. The molecule has 0 spiro atoms. The van der Waals surface area contributed by atoms with Crippen LogP contribution in [-0.2, 0) is 13.0 Å². The lowest BCUT2D eigenvalue weighted by Gasteiger charge is -2.19. The molecule has 0 radical (unpaired) electrons. The van der Waals surface area contributed by atoms with Gasteiger partial charge in [0.1, 0.15) is 11.6 Å². The predicted octanol–water partition coefficient (Wildman–Crippen LogP) is 1.26. The van der Waals surface area contributed by atoms with Crippen LogP contribution in [0.2, 0.25) is 0 Å². The zero-order valence-corrected chi connectivity index (χ0v) is 10.2. The van der Waals surface area contributed by atoms with E-state index in [1.165, 1.54) is 0 Å². The molecule has 3 rings (SSSR count). The zero-order valence-electron chi connectivity index (χ0n) is 10.2. The predicted molar refractivity (Wildman–Crippen MR) is 66.3 cm³/mol. The summed E-state index contributed by atoms with van der Waals surface area (Å²) >= 11 is 0. The molecule has 2 aromatic rings. The van der Waals surface area contributed by atoms with Gasteiger partial charge in [0.15, 0.2) is 5.82 Å². The fourth-order valence-electron chi connectivity index (χ4n) is 2.26. The molecule has 5 heteroatoms. The second-order valence-electron chi connectivity index (χ2n) is 4.47. The number of aliphatic hydroxyl groups is 1. The van der Waals surface area contributed by atoms with E-state index in [0.29, 0.717) is 6.54 Å². The van der Waals surface area contributed by atoms with Gasteiger partial charge in [-0.15, -0.1) is 10.2 Å². The molecule has 94 valence electrons. The quantitative estimate of drug-likeness (QED) is 0.865. The minimum atomic E-state index is -0.300. The fourth-order valence-corrected chi connectivity index (χ4v) is 2.26. The van der Waals surface area contributed by atoms with Gasteiger partial charge in [0.2, 0.25) is 0 Å². The average molecular weight is 245 g/mol. The van der Waals surface area contributed by atoms with E-state index in [-0.39, 0.29) is 6.10 Å². The van der Waals surface area contributed by atoms with Crippen LogP contribution in [0.15, 0.2) is 24.3 Å². The van der Waals surface area contributed by atoms with E-state index in [1.807, 2.05) is 28.8 Å². The van der Waals surface area contributed by atoms with E-state index in [4.69, 9.17) is 4.74 Å². The van der Waals surface area contributed by atoms with Crippen LogP contribution in [0.4, 0.5) is 0 Å². The highest BCUT2D eigenvalue weighted by molar-refractivity contribution is 5.56. The van der Waals surface area contributed by atoms with Gasteiger partial charge in [-0.3, -0.25) is 0 Å². The smallest absolute Gasteiger partial charge is 0.164 e. The summed E-state index contributed by atoms with van der Waals surface area (Å²) in [7, 11) is 1.64. The number of ether oxygens (including phenoxy) is 1. The number of rotatable bonds is 2. The van der Waals surface area contributed by atoms with Crippen LogP contribution in [0.5, 0.6) is 5.75 Å². The van der Waals surface area contributed by atoms with E-state index in [2.05, 4.69) is 10.2 Å². The molecule has 1 unspecified atom stereocenters. The number of hydrogen-bond acceptors (Lipinski definition) is 4. The van der Waals surface area contributed by atoms with Crippen molar-refractivity contribution in [1.29, 1.82) is 0 Å². The maximum absolute atomic E-state index is 9.73. The number of aryl methyl sites for hydroxylation is 1. The highest BCUT2D eigenvalue weighted by Gasteiger charge is 2.21. The van der Waals surface area contributed by atoms with E-state index in [1.54, 1.807) is 7.11 Å². The minimum Gasteiger partial charge on any atom is -0.497 e. The second-order valence-corrected chi connectivity index (χ2v) is 4.47. The van der Waals surface area contributed by atoms with E-state index in [0.717, 1.165) is 35.8 Å². The Morgan fingerprint density at radius 2 is 2.06 bits per heavy atom. The first kappa shape index (κ1) is 11.2. The number of aromatic nitrogens is 3. The van der Waals surface area contributed by atoms with Crippen LogP contribution < -0.4 is 4.74 Å². The monoisotopic (exact) mass is 245 g/mol. The Kier molecular flexibility index (Phi) is 2.76. The Morgan fingerprint density at radius 1 is 1.28 bits per heavy atom. The summed E-state index contributed by atoms with van der Waals surface area (Å²) < 4.78 is 7.13. The van der Waals surface area contributed by atoms with E-state index in [9.17, 15) is 5.11 Å². The van der Waals surface area contributed by atoms with Crippen molar-refractivity contribution in [3.8, 4) is 17.1 Å². The maximum atomic E-state index is 9.73. The summed E-state index contributed by atoms with van der Waals surface area (Å²) in [6.45, 7) is 0.573. The maximum Gasteiger partial charge on any atom is 0.164 e. The third kappa shape index (κ3) is 1.86. The standard InChI is InChI=1S/C13H15N3O2/c1-18-11-5-2-9(3-6-11)13-15-14-12-7-4-10(17)8-16(12)13/h2-3,5-6,10,17H,4,7-8H2,1H3. The molecule has 1 aliphatic rings. The van der Waals surface area contributed by atoms with Gasteiger partial charge in [-0.25, -0.2) is 0 Å². The number of methoxy groups -OCH3 is 1. The van der Waals surface area contributed by atoms with Crippen molar-refractivity contribution in [3.63, 3.8) is 0 Å². The van der Waals surface area contributed by atoms with Gasteiger partial charge < -0.3 is 14.4 Å². The molecule has 1 aromatic heterocycles. The molecular weight excluding hydrogens is 230 g/mol. The lowest BCUT2D eigenvalue weighted by atomic mass is 10.1. The summed E-state index contributed by atoms with van der Waals surface area (Å²) in [4.78, 5) is 0. The van der Waals surface area contributed by atoms with Crippen LogP contribution in [0.1, 0.15) is 12.2 Å². The Bertz CT molecular complexity index is 548. The fraction of sp³-hybridized carbons (Fsp3) is 0.385. The van der Waals surface area contributed by atoms with Crippen molar-refractivity contribution < 1.29 is 9.84 Å². The summed E-state index contributed by atoms with van der Waals surface area (Å²) in [5.41, 5.74) is 0.989. The third-order valence-corrected chi connectivity index (χ3v) is 3.27. The normalized spacial score (nSPS) is 18.4. The Morgan fingerprint density at radius 3 is 2.78 bits per heavy atom. The van der Waals surface area contributed by atoms with Crippen LogP contribution in [0.25, 0.3) is 11.4 Å². The first-order valence-electron chi connectivity index (χ1n) is 6.02. The minimum absolute atomic E-state index is 0.300. The molecule has 0 amide bonds. The van der Waals surface area contributed by atoms with Crippen LogP contribution >= 0.6 is 0 Å². The SMILES string of the molecule is COc1ccc(-c2nnc3n2CC(O)CC3)cc1. The Hall–Kier alpha value is -1.88. The second kappa shape index (κ2) is 4.42. The molecule has 18 heavy (non-hydrogen) atoms. The number of nitrogens with zero attached hydrogens (tertiary/aromatic N) is 3. The molecule has 2 heterocycles. The topological polar surface area (TPSA) is 60.2 Å². The van der Waals surface area contributed by atoms with Crippen LogP contribution in [0.3, 0.4) is 0 Å². The zero-order chi connectivity index (χ0) is 12.5. The number of aliphatic hydroxyl groups excluding tert-OH is 1. The Balaban J connectivity index is 1.98. The highest BCUT2D eigenvalue weighted by Crippen LogP contribution is 2.24. The first-order valence-corrected chi connectivity index (χ1v) is 6.02. The van der Waals surface area contributed by atoms with Gasteiger partial charge in [0.05, 0.1) is 19.8 Å². The molecule has 5 nitrogen and oxygen atoms in total. The Labute approximate surface area is 105 Å². The lowest BCUT2D eigenvalue weighted by Crippen LogP contribution is -2.24. The largest absolute Gasteiger partial charge is 0.497 e. The average Bonchev–Trinajstić information content (AvgIpc) is 2.82. The molecule has 0 saturated carbocycles. The van der Waals surface area contributed by atoms with Crippen molar-refractivity contribution in [2.75, 3.05) is 7.11 Å². The van der Waals surface area contributed by atoms with Gasteiger partial charge in [0, 0.05) is 12.0 Å². The summed E-state index contributed by atoms with van der Waals surface area (Å²) in [5.74, 6) is 2.58. The number of benzene rings is 1. The molecule has 1 aliphatic heterocycles. The molecular formula is C13H15N3O2. The summed E-state index contributed by atoms with van der Waals surface area (Å²) in [6.07, 6.45) is 1.25. The van der Waals surface area contributed by atoms with Crippen molar-refractivity contribution in [1.82, 2.24) is 14.8 Å². The molecule has 0 saturated heterocycles. The number of fused-ring (bicyclic) bond motifs is 1. The lowest BCUT2D eigenvalue weighted by molar-refractivity contribution is 0.131. The van der Waals surface area contributed by atoms with Gasteiger partial charge in [-0.1, -0.05) is 0 Å². The molecule has 1 aromatic carbocycles. The van der Waals surface area contributed by atoms with Gasteiger partial charge in [-0.05, 0) is 30.7 Å². The molecule has 0 aliphatic carbocycles. The van der Waals surface area contributed by atoms with Crippen molar-refractivity contribution in [3.05, 3.63) is 30.1 Å². The van der Waals surface area contributed by atoms with Crippen molar-refractivity contribution >= 4 is 0 Å². The molecule has 0 fully saturated rings. The van der Waals surface area contributed by atoms with Gasteiger partial charge in [-0.2, -0.15) is 0 Å². The van der Waals surface area contributed by atoms with Crippen LogP contribution in [0, 0.1) is 0 Å². The first-order chi connectivity index (χ1) is 8.78. The van der Waals surface area contributed by atoms with Crippen molar-refractivity contribution in [2.45, 2.75) is 25.5 Å². The van der Waals surface area contributed by atoms with Crippen LogP contribution in [-0.4, -0.2) is 33.1 Å². The van der Waals surface area contributed by atoms with Gasteiger partial charge >= 0.3 is 0 Å². The van der Waals surface area contributed by atoms with Gasteiger partial charge in [0.25, 0.3) is 0 Å².